The predicted molar refractivity (Wildman–Crippen MR) is 350 cm³/mol. The molecule has 1 aliphatic carbocycles. The van der Waals surface area contributed by atoms with Crippen LogP contribution < -0.4 is 20.9 Å². The highest BCUT2D eigenvalue weighted by molar-refractivity contribution is 7.99. The molecule has 2 atom stereocenters. The number of hydrogen-bond acceptors (Lipinski definition) is 15. The first-order chi connectivity index (χ1) is 43.8. The van der Waals surface area contributed by atoms with Gasteiger partial charge < -0.3 is 30.1 Å². The molecule has 5 aromatic rings. The number of rotatable bonds is 27. The fourth-order valence-corrected chi connectivity index (χ4v) is 14.9. The molecule has 486 valence electrons. The zero-order valence-electron chi connectivity index (χ0n) is 51.5. The first-order valence-electron chi connectivity index (χ1n) is 31.2. The molecular weight excluding hydrogens is 1230 g/mol. The smallest absolute Gasteiger partial charge is 0.384 e. The minimum absolute atomic E-state index is 0.0301. The van der Waals surface area contributed by atoms with Gasteiger partial charge in [-0.1, -0.05) is 66.9 Å². The SMILES string of the molecule is CCCC(C(=O)NC=O)N(C)C(=O)c1cccc(NCCCC(=O)N2CCC3(CCC(c4ccc(Cl)cc4)=C(CN4CCN(c5ccc(C(=O)c6ccc(NC(CCN7CCOCC7)CSc7ccccc7)c(S(=O)(=O)C(F)(F)F)c6)cc5)CC4)C3)CC2)c1C=O. The molecule has 1 spiro atoms. The van der Waals surface area contributed by atoms with E-state index in [-0.39, 0.29) is 45.7 Å². The Kier molecular flexibility index (Phi) is 23.6. The molecule has 3 heterocycles. The van der Waals surface area contributed by atoms with Crippen molar-refractivity contribution in [2.24, 2.45) is 5.41 Å². The maximum absolute atomic E-state index is 14.4. The number of carbonyl (C=O) groups is 6. The topological polar surface area (TPSA) is 198 Å². The van der Waals surface area contributed by atoms with Crippen LogP contribution >= 0.6 is 23.4 Å². The summed E-state index contributed by atoms with van der Waals surface area (Å²) in [5.74, 6) is -1.25. The molecule has 3 N–H and O–H groups in total. The Hall–Kier alpha value is -7.08. The van der Waals surface area contributed by atoms with E-state index in [0.717, 1.165) is 74.0 Å². The number of allylic oxidation sites excluding steroid dienone is 1. The minimum atomic E-state index is -5.89. The molecule has 3 saturated heterocycles. The lowest BCUT2D eigenvalue weighted by Gasteiger charge is -2.46. The van der Waals surface area contributed by atoms with Crippen LogP contribution in [0.5, 0.6) is 0 Å². The van der Waals surface area contributed by atoms with E-state index < -0.39 is 49.9 Å². The van der Waals surface area contributed by atoms with E-state index in [2.05, 4.69) is 42.8 Å². The summed E-state index contributed by atoms with van der Waals surface area (Å²) in [5.41, 5.74) is -0.353. The molecule has 0 bridgehead atoms. The summed E-state index contributed by atoms with van der Waals surface area (Å²) in [5, 5.41) is 9.17. The number of nitrogens with one attached hydrogen (secondary N) is 3. The average molecular weight is 1310 g/mol. The van der Waals surface area contributed by atoms with E-state index in [1.807, 2.05) is 66.4 Å². The zero-order chi connectivity index (χ0) is 64.7. The molecule has 4 amide bonds. The quantitative estimate of drug-likeness (QED) is 0.0194. The number of benzene rings is 5. The van der Waals surface area contributed by atoms with E-state index in [1.165, 1.54) is 53.1 Å². The highest BCUT2D eigenvalue weighted by Gasteiger charge is 2.48. The first kappa shape index (κ1) is 68.3. The Morgan fingerprint density at radius 1 is 0.802 bits per heavy atom. The van der Waals surface area contributed by atoms with Gasteiger partial charge in [0.15, 0.2) is 12.1 Å². The summed E-state index contributed by atoms with van der Waals surface area (Å²) >= 11 is 7.88. The van der Waals surface area contributed by atoms with Crippen molar-refractivity contribution in [3.05, 3.63) is 154 Å². The molecule has 2 unspecified atom stereocenters. The number of carbonyl (C=O) groups excluding carboxylic acids is 6. The number of piperazine rings is 1. The van der Waals surface area contributed by atoms with Crippen molar-refractivity contribution >= 4 is 92.0 Å². The zero-order valence-corrected chi connectivity index (χ0v) is 53.9. The highest BCUT2D eigenvalue weighted by Crippen LogP contribution is 2.49. The number of alkyl halides is 3. The lowest BCUT2D eigenvalue weighted by molar-refractivity contribution is -0.134. The summed E-state index contributed by atoms with van der Waals surface area (Å²) in [4.78, 5) is 87.4. The second-order valence-electron chi connectivity index (χ2n) is 23.9. The number of amides is 4. The molecule has 3 aliphatic heterocycles. The van der Waals surface area contributed by atoms with E-state index >= 15 is 0 Å². The number of nitrogens with zero attached hydrogens (tertiary/aromatic N) is 5. The first-order valence-corrected chi connectivity index (χ1v) is 34.0. The summed E-state index contributed by atoms with van der Waals surface area (Å²) < 4.78 is 75.3. The standard InChI is InChI=1S/C68H80ClF3N8O9S2/c1-3-9-61(65(85)74-47-82)76(2)66(86)57-12-7-13-59(58(57)45-81)73-30-8-14-63(83)80-32-28-67(29-33-80)27-25-56(48-15-20-52(69)21-16-48)51(43-67)44-78-34-36-79(37-35-78)54-22-17-49(18-23-54)64(84)50-19-24-60(62(42-50)91(87,88)68(70,71)72)75-53(26-31-77-38-40-89-41-39-77)46-90-55-10-5-4-6-11-55/h4-7,10-13,15-24,42,45,47,53,61,73,75H,3,8-9,14,25-41,43-44,46H2,1-2H3,(H,74,82,85). The molecule has 0 radical (unpaired) electrons. The number of aldehydes is 1. The summed E-state index contributed by atoms with van der Waals surface area (Å²) in [6, 6.07) is 31.5. The minimum Gasteiger partial charge on any atom is -0.384 e. The number of likely N-dealkylation sites (N-methyl/N-ethyl adjacent to an activating group) is 1. The maximum atomic E-state index is 14.4. The summed E-state index contributed by atoms with van der Waals surface area (Å²) in [7, 11) is -4.42. The Morgan fingerprint density at radius 2 is 1.51 bits per heavy atom. The number of ether oxygens (including phenoxy) is 1. The van der Waals surface area contributed by atoms with Crippen LogP contribution in [0, 0.1) is 5.41 Å². The van der Waals surface area contributed by atoms with Crippen molar-refractivity contribution in [1.82, 2.24) is 24.9 Å². The van der Waals surface area contributed by atoms with Crippen molar-refractivity contribution < 1.29 is 55.1 Å². The number of imide groups is 1. The third-order valence-electron chi connectivity index (χ3n) is 18.1. The van der Waals surface area contributed by atoms with E-state index in [1.54, 1.807) is 24.3 Å². The normalized spacial score (nSPS) is 17.3. The van der Waals surface area contributed by atoms with Crippen LogP contribution in [0.3, 0.4) is 0 Å². The number of ketones is 1. The van der Waals surface area contributed by atoms with Crippen LogP contribution in [-0.4, -0.2) is 180 Å². The van der Waals surface area contributed by atoms with E-state index in [0.29, 0.717) is 120 Å². The van der Waals surface area contributed by atoms with Gasteiger partial charge >= 0.3 is 5.51 Å². The van der Waals surface area contributed by atoms with Crippen molar-refractivity contribution in [3.8, 4) is 0 Å². The molecule has 9 rings (SSSR count). The van der Waals surface area contributed by atoms with Gasteiger partial charge in [-0.25, -0.2) is 8.42 Å². The largest absolute Gasteiger partial charge is 0.501 e. The summed E-state index contributed by atoms with van der Waals surface area (Å²) in [6.07, 6.45) is 7.63. The number of piperidine rings is 1. The molecule has 23 heteroatoms. The van der Waals surface area contributed by atoms with Gasteiger partial charge in [-0.15, -0.1) is 11.8 Å². The van der Waals surface area contributed by atoms with Crippen LogP contribution in [-0.2, 0) is 29.0 Å². The number of halogens is 4. The Bertz CT molecular complexity index is 3500. The third kappa shape index (κ3) is 17.3. The van der Waals surface area contributed by atoms with Gasteiger partial charge in [0.05, 0.1) is 34.9 Å². The van der Waals surface area contributed by atoms with Gasteiger partial charge in [0.2, 0.25) is 18.2 Å². The molecule has 17 nitrogen and oxygen atoms in total. The number of anilines is 3. The second-order valence-corrected chi connectivity index (χ2v) is 27.4. The van der Waals surface area contributed by atoms with Crippen LogP contribution in [0.25, 0.3) is 5.57 Å². The fraction of sp³-hybridized carbons (Fsp3) is 0.441. The summed E-state index contributed by atoms with van der Waals surface area (Å²) in [6.45, 7) is 10.4. The van der Waals surface area contributed by atoms with Crippen LogP contribution in [0.1, 0.15) is 113 Å². The van der Waals surface area contributed by atoms with Crippen molar-refractivity contribution in [2.45, 2.75) is 98.5 Å². The molecule has 91 heavy (non-hydrogen) atoms. The molecule has 5 aromatic carbocycles. The molecule has 0 aromatic heterocycles. The van der Waals surface area contributed by atoms with Crippen LogP contribution in [0.4, 0.5) is 30.2 Å². The van der Waals surface area contributed by atoms with Crippen LogP contribution in [0.2, 0.25) is 5.02 Å². The average Bonchev–Trinajstić information content (AvgIpc) is 1.35. The Balaban J connectivity index is 0.797. The lowest BCUT2D eigenvalue weighted by Crippen LogP contribution is -2.48. The van der Waals surface area contributed by atoms with Gasteiger partial charge in [0.1, 0.15) is 6.04 Å². The molecule has 0 saturated carbocycles. The van der Waals surface area contributed by atoms with Crippen molar-refractivity contribution in [3.63, 3.8) is 0 Å². The number of thioether (sulfide) groups is 1. The maximum Gasteiger partial charge on any atom is 0.501 e. The molecule has 3 fully saturated rings. The second kappa shape index (κ2) is 31.5. The van der Waals surface area contributed by atoms with E-state index in [4.69, 9.17) is 16.3 Å². The fourth-order valence-electron chi connectivity index (χ4n) is 12.8. The Labute approximate surface area is 540 Å². The third-order valence-corrected chi connectivity index (χ3v) is 21.0. The highest BCUT2D eigenvalue weighted by atomic mass is 35.5. The van der Waals surface area contributed by atoms with Gasteiger partial charge in [-0.3, -0.25) is 43.9 Å². The molecule has 4 aliphatic rings. The van der Waals surface area contributed by atoms with Gasteiger partial charge in [-0.2, -0.15) is 13.2 Å². The lowest BCUT2D eigenvalue weighted by atomic mass is 9.65. The molecular formula is C68H80ClF3N8O9S2. The van der Waals surface area contributed by atoms with E-state index in [9.17, 15) is 50.4 Å². The van der Waals surface area contributed by atoms with Crippen molar-refractivity contribution in [2.75, 3.05) is 114 Å². The number of likely N-dealkylation sites (tertiary alicyclic amines) is 1. The number of morpholine rings is 1. The number of hydrogen-bond donors (Lipinski definition) is 3. The predicted octanol–water partition coefficient (Wildman–Crippen LogP) is 10.7. The number of sulfone groups is 1. The van der Waals surface area contributed by atoms with Gasteiger partial charge in [0.25, 0.3) is 15.7 Å². The van der Waals surface area contributed by atoms with Gasteiger partial charge in [0, 0.05) is 130 Å². The monoisotopic (exact) mass is 1310 g/mol. The van der Waals surface area contributed by atoms with Crippen LogP contribution in [0.15, 0.2) is 131 Å². The van der Waals surface area contributed by atoms with Crippen molar-refractivity contribution in [1.29, 1.82) is 0 Å². The van der Waals surface area contributed by atoms with Gasteiger partial charge in [-0.05, 0) is 147 Å². The Morgan fingerprint density at radius 3 is 2.18 bits per heavy atom.